The molecule has 0 spiro atoms. The van der Waals surface area contributed by atoms with Gasteiger partial charge in [0.15, 0.2) is 5.82 Å². The van der Waals surface area contributed by atoms with Crippen molar-refractivity contribution in [3.05, 3.63) is 22.8 Å². The summed E-state index contributed by atoms with van der Waals surface area (Å²) in [4.78, 5) is 18.0. The molecule has 98 valence electrons. The van der Waals surface area contributed by atoms with E-state index in [1.807, 2.05) is 0 Å². The van der Waals surface area contributed by atoms with E-state index in [0.717, 1.165) is 6.42 Å². The molecule has 1 saturated heterocycles. The Morgan fingerprint density at radius 2 is 2.33 bits per heavy atom. The normalized spacial score (nSPS) is 16.2. The number of carbonyl (C=O) groups excluding carboxylic acids is 1. The molecule has 3 N–H and O–H groups in total. The molecule has 6 nitrogen and oxygen atoms in total. The molecule has 0 bridgehead atoms. The second kappa shape index (κ2) is 5.99. The molecule has 1 aromatic rings. The first-order valence-electron chi connectivity index (χ1n) is 5.71. The van der Waals surface area contributed by atoms with Crippen LogP contribution in [0.2, 0.25) is 5.02 Å². The first-order valence-corrected chi connectivity index (χ1v) is 6.09. The molecular weight excluding hydrogens is 256 g/mol. The maximum atomic E-state index is 12.2. The summed E-state index contributed by atoms with van der Waals surface area (Å²) in [6.07, 6.45) is 2.31. The van der Waals surface area contributed by atoms with Crippen LogP contribution in [0.5, 0.6) is 0 Å². The molecule has 1 aliphatic rings. The van der Waals surface area contributed by atoms with Crippen LogP contribution >= 0.6 is 11.6 Å². The van der Waals surface area contributed by atoms with Gasteiger partial charge in [-0.25, -0.2) is 10.8 Å². The van der Waals surface area contributed by atoms with Crippen molar-refractivity contribution in [2.45, 2.75) is 6.42 Å². The van der Waals surface area contributed by atoms with Gasteiger partial charge in [-0.3, -0.25) is 4.79 Å². The van der Waals surface area contributed by atoms with E-state index in [4.69, 9.17) is 22.2 Å². The molecule has 2 rings (SSSR count). The van der Waals surface area contributed by atoms with Crippen molar-refractivity contribution in [3.8, 4) is 0 Å². The van der Waals surface area contributed by atoms with E-state index in [9.17, 15) is 4.79 Å². The topological polar surface area (TPSA) is 80.5 Å². The number of ether oxygens (including phenoxy) is 1. The van der Waals surface area contributed by atoms with E-state index >= 15 is 0 Å². The summed E-state index contributed by atoms with van der Waals surface area (Å²) in [6.45, 7) is 2.54. The van der Waals surface area contributed by atoms with Gasteiger partial charge in [-0.1, -0.05) is 11.6 Å². The molecule has 0 aromatic carbocycles. The number of rotatable bonds is 2. The monoisotopic (exact) mass is 270 g/mol. The lowest BCUT2D eigenvalue weighted by molar-refractivity contribution is 0.0741. The molecule has 0 atom stereocenters. The Hall–Kier alpha value is -1.37. The average Bonchev–Trinajstić information content (AvgIpc) is 2.66. The van der Waals surface area contributed by atoms with Crippen molar-refractivity contribution >= 4 is 23.3 Å². The summed E-state index contributed by atoms with van der Waals surface area (Å²) in [5.74, 6) is 5.50. The van der Waals surface area contributed by atoms with Crippen molar-refractivity contribution in [1.29, 1.82) is 0 Å². The standard InChI is InChI=1S/C11H15ClN4O2/c12-9-6-8(7-14-10(9)15-13)11(17)16-2-1-4-18-5-3-16/h6-7H,1-5,13H2,(H,14,15). The molecule has 7 heteroatoms. The predicted molar refractivity (Wildman–Crippen MR) is 68.4 cm³/mol. The number of halogens is 1. The molecule has 1 aliphatic heterocycles. The summed E-state index contributed by atoms with van der Waals surface area (Å²) >= 11 is 5.94. The molecule has 0 unspecified atom stereocenters. The third kappa shape index (κ3) is 2.90. The number of pyridine rings is 1. The zero-order valence-corrected chi connectivity index (χ0v) is 10.6. The summed E-state index contributed by atoms with van der Waals surface area (Å²) < 4.78 is 5.31. The summed E-state index contributed by atoms with van der Waals surface area (Å²) in [7, 11) is 0. The van der Waals surface area contributed by atoms with Crippen LogP contribution in [0.3, 0.4) is 0 Å². The number of anilines is 1. The quantitative estimate of drug-likeness (QED) is 0.616. The van der Waals surface area contributed by atoms with Gasteiger partial charge < -0.3 is 15.1 Å². The number of nitrogens with two attached hydrogens (primary N) is 1. The van der Waals surface area contributed by atoms with Crippen molar-refractivity contribution in [3.63, 3.8) is 0 Å². The highest BCUT2D eigenvalue weighted by molar-refractivity contribution is 6.33. The number of hydrogen-bond acceptors (Lipinski definition) is 5. The van der Waals surface area contributed by atoms with Crippen LogP contribution < -0.4 is 11.3 Å². The van der Waals surface area contributed by atoms with Crippen LogP contribution in [0.4, 0.5) is 5.82 Å². The maximum absolute atomic E-state index is 12.2. The molecule has 0 aliphatic carbocycles. The fourth-order valence-corrected chi connectivity index (χ4v) is 2.01. The van der Waals surface area contributed by atoms with Crippen LogP contribution in [0, 0.1) is 0 Å². The van der Waals surface area contributed by atoms with Gasteiger partial charge in [0.05, 0.1) is 17.2 Å². The lowest BCUT2D eigenvalue weighted by Crippen LogP contribution is -2.33. The van der Waals surface area contributed by atoms with Gasteiger partial charge in [0, 0.05) is 25.9 Å². The number of hydrazine groups is 1. The Bertz CT molecular complexity index is 433. The minimum absolute atomic E-state index is 0.0847. The van der Waals surface area contributed by atoms with E-state index in [-0.39, 0.29) is 5.91 Å². The molecule has 1 aromatic heterocycles. The van der Waals surface area contributed by atoms with Crippen molar-refractivity contribution in [1.82, 2.24) is 9.88 Å². The molecule has 2 heterocycles. The van der Waals surface area contributed by atoms with Crippen LogP contribution in [-0.2, 0) is 4.74 Å². The highest BCUT2D eigenvalue weighted by atomic mass is 35.5. The molecule has 18 heavy (non-hydrogen) atoms. The fourth-order valence-electron chi connectivity index (χ4n) is 1.79. The van der Waals surface area contributed by atoms with Crippen LogP contribution in [-0.4, -0.2) is 42.1 Å². The smallest absolute Gasteiger partial charge is 0.255 e. The largest absolute Gasteiger partial charge is 0.380 e. The minimum Gasteiger partial charge on any atom is -0.380 e. The fraction of sp³-hybridized carbons (Fsp3) is 0.455. The summed E-state index contributed by atoms with van der Waals surface area (Å²) in [6, 6.07) is 1.57. The van der Waals surface area contributed by atoms with Gasteiger partial charge >= 0.3 is 0 Å². The van der Waals surface area contributed by atoms with E-state index in [1.165, 1.54) is 6.20 Å². The van der Waals surface area contributed by atoms with Crippen molar-refractivity contribution in [2.24, 2.45) is 5.84 Å². The van der Waals surface area contributed by atoms with Gasteiger partial charge in [0.2, 0.25) is 0 Å². The van der Waals surface area contributed by atoms with Crippen LogP contribution in [0.1, 0.15) is 16.8 Å². The minimum atomic E-state index is -0.0847. The second-order valence-electron chi connectivity index (χ2n) is 3.96. The second-order valence-corrected chi connectivity index (χ2v) is 4.36. The number of aromatic nitrogens is 1. The van der Waals surface area contributed by atoms with Crippen molar-refractivity contribution < 1.29 is 9.53 Å². The maximum Gasteiger partial charge on any atom is 0.255 e. The van der Waals surface area contributed by atoms with E-state index in [1.54, 1.807) is 11.0 Å². The summed E-state index contributed by atoms with van der Waals surface area (Å²) in [5.41, 5.74) is 2.82. The molecule has 1 fully saturated rings. The Kier molecular flexibility index (Phi) is 4.35. The number of hydrogen-bond donors (Lipinski definition) is 2. The zero-order valence-electron chi connectivity index (χ0n) is 9.86. The zero-order chi connectivity index (χ0) is 13.0. The van der Waals surface area contributed by atoms with Crippen molar-refractivity contribution in [2.75, 3.05) is 31.7 Å². The lowest BCUT2D eigenvalue weighted by atomic mass is 10.2. The Morgan fingerprint density at radius 3 is 3.06 bits per heavy atom. The predicted octanol–water partition coefficient (Wildman–Crippen LogP) is 0.883. The SMILES string of the molecule is NNc1ncc(C(=O)N2CCCOCC2)cc1Cl. The Labute approximate surface area is 110 Å². The number of carbonyl (C=O) groups is 1. The third-order valence-electron chi connectivity index (χ3n) is 2.73. The van der Waals surface area contributed by atoms with Crippen LogP contribution in [0.15, 0.2) is 12.3 Å². The number of nitrogens with zero attached hydrogens (tertiary/aromatic N) is 2. The van der Waals surface area contributed by atoms with Gasteiger partial charge in [0.1, 0.15) is 0 Å². The average molecular weight is 271 g/mol. The Morgan fingerprint density at radius 1 is 1.50 bits per heavy atom. The number of nitrogen functional groups attached to an aromatic ring is 1. The van der Waals surface area contributed by atoms with Gasteiger partial charge in [-0.2, -0.15) is 0 Å². The van der Waals surface area contributed by atoms with E-state index in [2.05, 4.69) is 10.4 Å². The molecular formula is C11H15ClN4O2. The molecule has 1 amide bonds. The molecule has 0 saturated carbocycles. The highest BCUT2D eigenvalue weighted by Gasteiger charge is 2.18. The van der Waals surface area contributed by atoms with Gasteiger partial charge in [-0.15, -0.1) is 0 Å². The third-order valence-corrected chi connectivity index (χ3v) is 3.02. The lowest BCUT2D eigenvalue weighted by Gasteiger charge is -2.19. The number of amides is 1. The molecule has 0 radical (unpaired) electrons. The van der Waals surface area contributed by atoms with E-state index in [0.29, 0.717) is 42.7 Å². The summed E-state index contributed by atoms with van der Waals surface area (Å²) in [5, 5.41) is 0.328. The highest BCUT2D eigenvalue weighted by Crippen LogP contribution is 2.20. The number of nitrogens with one attached hydrogen (secondary N) is 1. The van der Waals surface area contributed by atoms with Gasteiger partial charge in [-0.05, 0) is 12.5 Å². The first kappa shape index (κ1) is 13.1. The van der Waals surface area contributed by atoms with Crippen LogP contribution in [0.25, 0.3) is 0 Å². The Balaban J connectivity index is 2.14. The van der Waals surface area contributed by atoms with E-state index < -0.39 is 0 Å². The first-order chi connectivity index (χ1) is 8.72. The van der Waals surface area contributed by atoms with Gasteiger partial charge in [0.25, 0.3) is 5.91 Å².